The summed E-state index contributed by atoms with van der Waals surface area (Å²) in [6.45, 7) is 29.2. The third-order valence-corrected chi connectivity index (χ3v) is 22.7. The van der Waals surface area contributed by atoms with Crippen LogP contribution in [0, 0.1) is 10.1 Å². The minimum atomic E-state index is -0.531. The van der Waals surface area contributed by atoms with Crippen LogP contribution in [0.5, 0.6) is 0 Å². The molecule has 0 radical (unpaired) electrons. The van der Waals surface area contributed by atoms with Gasteiger partial charge in [-0.15, -0.1) is 35.3 Å². The van der Waals surface area contributed by atoms with E-state index in [1.165, 1.54) is 30.6 Å². The van der Waals surface area contributed by atoms with E-state index < -0.39 is 10.2 Å². The lowest BCUT2D eigenvalue weighted by Crippen LogP contribution is -2.45. The highest BCUT2D eigenvalue weighted by atomic mass is 35.5. The molecule has 0 aromatic carbocycles. The van der Waals surface area contributed by atoms with Gasteiger partial charge in [0.1, 0.15) is 40.6 Å². The average Bonchev–Trinajstić information content (AvgIpc) is 1.44. The molecular formula is C72H87ClN18O10S6. The van der Waals surface area contributed by atoms with Gasteiger partial charge in [-0.05, 0) is 92.6 Å². The molecule has 6 N–H and O–H groups in total. The van der Waals surface area contributed by atoms with E-state index in [2.05, 4.69) is 142 Å². The lowest BCUT2D eigenvalue weighted by atomic mass is 9.94. The molecule has 0 saturated carbocycles. The summed E-state index contributed by atoms with van der Waals surface area (Å²) in [5.41, 5.74) is 7.42. The van der Waals surface area contributed by atoms with Crippen LogP contribution in [-0.4, -0.2) is 151 Å². The molecule has 0 bridgehead atoms. The molecule has 35 heteroatoms. The lowest BCUT2D eigenvalue weighted by molar-refractivity contribution is -0.385. The largest absolute Gasteiger partial charge is 0.444 e. The van der Waals surface area contributed by atoms with Gasteiger partial charge in [-0.25, -0.2) is 44.9 Å². The van der Waals surface area contributed by atoms with Gasteiger partial charge in [-0.2, -0.15) is 0 Å². The first-order chi connectivity index (χ1) is 50.9. The van der Waals surface area contributed by atoms with Crippen LogP contribution in [0.1, 0.15) is 167 Å². The predicted octanol–water partition coefficient (Wildman–Crippen LogP) is 15.1. The number of nitrogen functional groups attached to an aromatic ring is 1. The number of nitrogens with zero attached hydrogens (tertiary/aromatic N) is 13. The SMILES string of the molecule is C=CC(=O)Cl.C=CC(=O)Nc1ccc(C(=O)N2CCC[C@@H](Nc3ncc(SCc4ncc(C(C)(C)C)o4)s3)C2)nc1.CC(C)(C)c1cnc(CSc2cnc(N[C@@H]3CCCN(C(=O)c4ccc(N)cn4)C3)s2)o1.CC(C)(C)c1cnc(CSc2cnc(N[C@@H]3CCCN(C(=O)c4ccc([N+](=O)[O-])cn4)C3)s2)o1. The molecule has 12 heterocycles. The van der Waals surface area contributed by atoms with Crippen LogP contribution in [0.4, 0.5) is 32.5 Å². The maximum absolute atomic E-state index is 13.0. The molecule has 9 aromatic heterocycles. The highest BCUT2D eigenvalue weighted by molar-refractivity contribution is 8.01. The zero-order valence-corrected chi connectivity index (χ0v) is 66.5. The fourth-order valence-electron chi connectivity index (χ4n) is 10.5. The van der Waals surface area contributed by atoms with Crippen molar-refractivity contribution in [2.75, 3.05) is 66.3 Å². The van der Waals surface area contributed by atoms with Gasteiger partial charge in [0.2, 0.25) is 28.8 Å². The number of likely N-dealkylation sites (tertiary alicyclic amines) is 3. The Kier molecular flexibility index (Phi) is 29.2. The maximum Gasteiger partial charge on any atom is 0.287 e. The van der Waals surface area contributed by atoms with E-state index in [-0.39, 0.29) is 69.4 Å². The third kappa shape index (κ3) is 25.3. The van der Waals surface area contributed by atoms with Crippen molar-refractivity contribution in [1.29, 1.82) is 0 Å². The van der Waals surface area contributed by atoms with Crippen LogP contribution in [-0.2, 0) is 43.1 Å². The normalized spacial score (nSPS) is 15.9. The van der Waals surface area contributed by atoms with Gasteiger partial charge < -0.3 is 55.0 Å². The van der Waals surface area contributed by atoms with Gasteiger partial charge in [0.15, 0.2) is 15.4 Å². The number of amides is 4. The van der Waals surface area contributed by atoms with Crippen LogP contribution in [0.25, 0.3) is 0 Å². The fourth-order valence-corrected chi connectivity index (χ4v) is 15.9. The highest BCUT2D eigenvalue weighted by Crippen LogP contribution is 2.37. The van der Waals surface area contributed by atoms with Gasteiger partial charge in [0, 0.05) is 79.7 Å². The Labute approximate surface area is 650 Å². The molecule has 3 fully saturated rings. The molecule has 0 aliphatic carbocycles. The minimum absolute atomic E-state index is 0.0450. The standard InChI is InChI=1S/C25H30N6O3S2.C22H26N6O4S2.C22H28N6O2S2.C3H3ClO/c1-5-20(32)29-16-8-9-18(26-11-16)23(33)31-10-6-7-17(14-31)30-24-28-13-22(36-24)35-15-21-27-12-19(34-21)25(2,3)4;1-22(2,3)17-10-24-18(32-17)13-33-19-11-25-21(34-19)26-14-5-4-8-27(12-14)20(29)16-7-6-15(9-23-16)28(30)31;1-22(2,3)17-10-25-18(30-17)13-31-19-11-26-21(32-19)27-15-5-4-8-28(12-15)20(29)16-7-6-14(23)9-24-16;1-2-3(4)5/h5,8-9,11-13,17H,1,6-7,10,14-15H2,2-4H3,(H,28,30)(H,29,32);6-7,9-11,14H,4-5,8,12-13H2,1-3H3,(H,25,26);6-7,9-11,15H,4-5,8,12-13,23H2,1-3H3,(H,26,27);2H,1H2/t17-;14-;15-;/m111./s1. The molecule has 3 aliphatic heterocycles. The Morgan fingerprint density at radius 3 is 1.18 bits per heavy atom. The summed E-state index contributed by atoms with van der Waals surface area (Å²) >= 11 is 14.4. The number of carbonyl (C=O) groups is 5. The molecule has 12 rings (SSSR count). The number of allylic oxidation sites excluding steroid dienone is 1. The summed E-state index contributed by atoms with van der Waals surface area (Å²) in [6.07, 6.45) is 22.8. The number of aromatic nitrogens is 9. The van der Waals surface area contributed by atoms with E-state index in [0.717, 1.165) is 109 Å². The predicted molar refractivity (Wildman–Crippen MR) is 422 cm³/mol. The molecule has 3 saturated heterocycles. The van der Waals surface area contributed by atoms with Gasteiger partial charge in [0.05, 0.1) is 95.8 Å². The molecule has 4 amide bonds. The Hall–Kier alpha value is -9.06. The summed E-state index contributed by atoms with van der Waals surface area (Å²) in [5.74, 6) is 5.97. The number of halogens is 1. The van der Waals surface area contributed by atoms with E-state index in [9.17, 15) is 34.1 Å². The zero-order valence-electron chi connectivity index (χ0n) is 60.9. The molecule has 0 unspecified atom stereocenters. The number of pyridine rings is 3. The van der Waals surface area contributed by atoms with Crippen molar-refractivity contribution in [2.45, 2.75) is 165 Å². The summed E-state index contributed by atoms with van der Waals surface area (Å²) in [5, 5.41) is 25.8. The number of piperidine rings is 3. The lowest BCUT2D eigenvalue weighted by Gasteiger charge is -2.33. The second kappa shape index (κ2) is 38.1. The van der Waals surface area contributed by atoms with Crippen LogP contribution in [0.2, 0.25) is 0 Å². The Bertz CT molecular complexity index is 4460. The van der Waals surface area contributed by atoms with Crippen molar-refractivity contribution in [3.8, 4) is 0 Å². The monoisotopic (exact) mass is 1590 g/mol. The number of nitrogens with two attached hydrogens (primary N) is 1. The van der Waals surface area contributed by atoms with Crippen molar-refractivity contribution in [3.05, 3.63) is 180 Å². The third-order valence-electron chi connectivity index (χ3n) is 16.2. The number of oxazole rings is 3. The van der Waals surface area contributed by atoms with E-state index in [1.807, 2.05) is 34.6 Å². The molecule has 9 aromatic rings. The average molecular weight is 1590 g/mol. The van der Waals surface area contributed by atoms with Gasteiger partial charge in [0.25, 0.3) is 23.4 Å². The number of rotatable bonds is 22. The quantitative estimate of drug-likeness (QED) is 0.0138. The molecule has 107 heavy (non-hydrogen) atoms. The summed E-state index contributed by atoms with van der Waals surface area (Å²) in [4.78, 5) is 114. The summed E-state index contributed by atoms with van der Waals surface area (Å²) in [7, 11) is 0. The summed E-state index contributed by atoms with van der Waals surface area (Å²) in [6, 6.07) is 9.72. The molecule has 28 nitrogen and oxygen atoms in total. The van der Waals surface area contributed by atoms with Gasteiger partial charge >= 0.3 is 0 Å². The molecule has 0 spiro atoms. The van der Waals surface area contributed by atoms with E-state index in [1.54, 1.807) is 111 Å². The topological polar surface area (TPSA) is 368 Å². The van der Waals surface area contributed by atoms with Crippen LogP contribution in [0.15, 0.2) is 143 Å². The minimum Gasteiger partial charge on any atom is -0.444 e. The number of thiazole rings is 3. The highest BCUT2D eigenvalue weighted by Gasteiger charge is 2.31. The summed E-state index contributed by atoms with van der Waals surface area (Å²) < 4.78 is 20.8. The number of carbonyl (C=O) groups excluding carboxylic acids is 5. The van der Waals surface area contributed by atoms with Crippen molar-refractivity contribution < 1.29 is 42.1 Å². The van der Waals surface area contributed by atoms with E-state index in [4.69, 9.17) is 30.6 Å². The van der Waals surface area contributed by atoms with E-state index >= 15 is 0 Å². The van der Waals surface area contributed by atoms with E-state index in [0.29, 0.717) is 84.5 Å². The number of anilines is 5. The van der Waals surface area contributed by atoms with Crippen LogP contribution >= 0.6 is 80.9 Å². The Morgan fingerprint density at radius 2 is 0.888 bits per heavy atom. The smallest absolute Gasteiger partial charge is 0.287 e. The first-order valence-corrected chi connectivity index (χ1v) is 40.1. The van der Waals surface area contributed by atoms with Crippen molar-refractivity contribution >= 4 is 142 Å². The second-order valence-corrected chi connectivity index (χ2v) is 35.2. The molecular weight excluding hydrogens is 1500 g/mol. The van der Waals surface area contributed by atoms with Crippen LogP contribution < -0.4 is 27.0 Å². The molecule has 568 valence electrons. The maximum atomic E-state index is 13.0. The number of thioether (sulfide) groups is 3. The zero-order chi connectivity index (χ0) is 77.0. The Balaban J connectivity index is 0.000000180. The van der Waals surface area contributed by atoms with Gasteiger partial charge in [-0.3, -0.25) is 34.1 Å². The second-order valence-electron chi connectivity index (χ2n) is 27.9. The first-order valence-electron chi connectivity index (χ1n) is 34.3. The van der Waals surface area contributed by atoms with Crippen LogP contribution in [0.3, 0.4) is 0 Å². The number of hydrogen-bond acceptors (Lipinski definition) is 29. The molecule has 3 aliphatic rings. The number of nitro groups is 1. The fraction of sp³-hybridized carbons (Fsp3) is 0.417. The first kappa shape index (κ1) is 82.0. The van der Waals surface area contributed by atoms with Gasteiger partial charge in [-0.1, -0.05) is 109 Å². The van der Waals surface area contributed by atoms with Crippen molar-refractivity contribution in [3.63, 3.8) is 0 Å². The Morgan fingerprint density at radius 1 is 0.533 bits per heavy atom. The number of nitrogens with one attached hydrogen (secondary N) is 4. The van der Waals surface area contributed by atoms with Crippen molar-refractivity contribution in [2.24, 2.45) is 0 Å². The molecule has 3 atom stereocenters. The van der Waals surface area contributed by atoms with Crippen molar-refractivity contribution in [1.82, 2.24) is 59.6 Å². The number of hydrogen-bond donors (Lipinski definition) is 5.